The Labute approximate surface area is 148 Å². The predicted octanol–water partition coefficient (Wildman–Crippen LogP) is 2.62. The van der Waals surface area contributed by atoms with Crippen LogP contribution in [0.4, 0.5) is 0 Å². The van der Waals surface area contributed by atoms with Crippen molar-refractivity contribution in [3.8, 4) is 11.5 Å². The number of hydrogen-bond donors (Lipinski definition) is 1. The van der Waals surface area contributed by atoms with Crippen molar-refractivity contribution in [1.82, 2.24) is 15.1 Å². The van der Waals surface area contributed by atoms with Crippen molar-refractivity contribution in [1.29, 1.82) is 0 Å². The third kappa shape index (κ3) is 3.78. The van der Waals surface area contributed by atoms with Gasteiger partial charge in [0.1, 0.15) is 13.2 Å². The van der Waals surface area contributed by atoms with Crippen LogP contribution < -0.4 is 14.8 Å². The maximum Gasteiger partial charge on any atom is 0.220 e. The summed E-state index contributed by atoms with van der Waals surface area (Å²) in [5.41, 5.74) is 4.27. The lowest BCUT2D eigenvalue weighted by molar-refractivity contribution is -0.121. The highest BCUT2D eigenvalue weighted by Gasteiger charge is 2.17. The van der Waals surface area contributed by atoms with Gasteiger partial charge in [-0.2, -0.15) is 5.10 Å². The first-order chi connectivity index (χ1) is 12.0. The first-order valence-electron chi connectivity index (χ1n) is 8.63. The molecule has 0 spiro atoms. The van der Waals surface area contributed by atoms with E-state index in [-0.39, 0.29) is 11.9 Å². The summed E-state index contributed by atoms with van der Waals surface area (Å²) in [6.45, 7) is 7.12. The van der Waals surface area contributed by atoms with Crippen LogP contribution in [-0.4, -0.2) is 28.9 Å². The van der Waals surface area contributed by atoms with Gasteiger partial charge < -0.3 is 14.8 Å². The van der Waals surface area contributed by atoms with Gasteiger partial charge in [0.2, 0.25) is 5.91 Å². The molecule has 0 radical (unpaired) electrons. The third-order valence-electron chi connectivity index (χ3n) is 4.70. The molecule has 3 rings (SSSR count). The van der Waals surface area contributed by atoms with Crippen molar-refractivity contribution in [2.45, 2.75) is 39.7 Å². The summed E-state index contributed by atoms with van der Waals surface area (Å²) in [5, 5.41) is 7.45. The second-order valence-corrected chi connectivity index (χ2v) is 6.47. The van der Waals surface area contributed by atoms with Crippen molar-refractivity contribution < 1.29 is 14.3 Å². The van der Waals surface area contributed by atoms with Gasteiger partial charge in [-0.05, 0) is 50.5 Å². The summed E-state index contributed by atoms with van der Waals surface area (Å²) in [7, 11) is 1.93. The van der Waals surface area contributed by atoms with Crippen molar-refractivity contribution >= 4 is 5.91 Å². The fourth-order valence-electron chi connectivity index (χ4n) is 3.14. The van der Waals surface area contributed by atoms with Crippen molar-refractivity contribution in [3.05, 3.63) is 40.7 Å². The van der Waals surface area contributed by atoms with E-state index < -0.39 is 0 Å². The Morgan fingerprint density at radius 2 is 2.00 bits per heavy atom. The number of aromatic nitrogens is 2. The van der Waals surface area contributed by atoms with Crippen LogP contribution in [0.1, 0.15) is 41.9 Å². The SMILES string of the molecule is Cc1nn(C)c(C)c1CCC(=O)NC(C)c1ccc2c(c1)OCCO2. The molecule has 0 saturated heterocycles. The van der Waals surface area contributed by atoms with Crippen LogP contribution in [-0.2, 0) is 18.3 Å². The van der Waals surface area contributed by atoms with Gasteiger partial charge in [-0.3, -0.25) is 9.48 Å². The number of aryl methyl sites for hydroxylation is 2. The van der Waals surface area contributed by atoms with Crippen molar-refractivity contribution in [3.63, 3.8) is 0 Å². The van der Waals surface area contributed by atoms with Crippen molar-refractivity contribution in [2.24, 2.45) is 7.05 Å². The summed E-state index contributed by atoms with van der Waals surface area (Å²) in [6.07, 6.45) is 1.15. The fraction of sp³-hybridized carbons (Fsp3) is 0.474. The van der Waals surface area contributed by atoms with Gasteiger partial charge in [0, 0.05) is 19.2 Å². The minimum absolute atomic E-state index is 0.0324. The van der Waals surface area contributed by atoms with Crippen LogP contribution in [0.15, 0.2) is 18.2 Å². The molecule has 2 aromatic rings. The maximum absolute atomic E-state index is 12.3. The van der Waals surface area contributed by atoms with Gasteiger partial charge >= 0.3 is 0 Å². The molecule has 1 amide bonds. The number of ether oxygens (including phenoxy) is 2. The molecule has 0 fully saturated rings. The first-order valence-corrected chi connectivity index (χ1v) is 8.63. The Kier molecular flexibility index (Phi) is 4.97. The number of amides is 1. The van der Waals surface area contributed by atoms with E-state index in [9.17, 15) is 4.79 Å². The van der Waals surface area contributed by atoms with E-state index in [0.717, 1.165) is 34.0 Å². The topological polar surface area (TPSA) is 65.4 Å². The van der Waals surface area contributed by atoms with Gasteiger partial charge in [0.25, 0.3) is 0 Å². The number of carbonyl (C=O) groups is 1. The molecule has 1 unspecified atom stereocenters. The second-order valence-electron chi connectivity index (χ2n) is 6.47. The number of nitrogens with zero attached hydrogens (tertiary/aromatic N) is 2. The molecule has 6 nitrogen and oxygen atoms in total. The average Bonchev–Trinajstić information content (AvgIpc) is 2.84. The summed E-state index contributed by atoms with van der Waals surface area (Å²) in [4.78, 5) is 12.3. The Bertz CT molecular complexity index is 782. The van der Waals surface area contributed by atoms with E-state index in [1.807, 2.05) is 50.7 Å². The molecular weight excluding hydrogens is 318 g/mol. The molecule has 0 saturated carbocycles. The highest BCUT2D eigenvalue weighted by Crippen LogP contribution is 2.32. The molecule has 1 atom stereocenters. The van der Waals surface area contributed by atoms with Gasteiger partial charge in [0.05, 0.1) is 11.7 Å². The lowest BCUT2D eigenvalue weighted by Crippen LogP contribution is -2.27. The molecule has 1 aliphatic rings. The Balaban J connectivity index is 1.59. The van der Waals surface area contributed by atoms with Gasteiger partial charge in [-0.1, -0.05) is 6.07 Å². The molecule has 25 heavy (non-hydrogen) atoms. The zero-order chi connectivity index (χ0) is 18.0. The number of hydrogen-bond acceptors (Lipinski definition) is 4. The van der Waals surface area contributed by atoms with E-state index in [1.165, 1.54) is 0 Å². The van der Waals surface area contributed by atoms with Crippen LogP contribution >= 0.6 is 0 Å². The highest BCUT2D eigenvalue weighted by molar-refractivity contribution is 5.76. The minimum atomic E-state index is -0.0839. The predicted molar refractivity (Wildman–Crippen MR) is 95.0 cm³/mol. The van der Waals surface area contributed by atoms with Crippen LogP contribution in [0, 0.1) is 13.8 Å². The van der Waals surface area contributed by atoms with E-state index in [1.54, 1.807) is 0 Å². The summed E-state index contributed by atoms with van der Waals surface area (Å²) in [6, 6.07) is 5.72. The number of carbonyl (C=O) groups excluding carboxylic acids is 1. The van der Waals surface area contributed by atoms with E-state index >= 15 is 0 Å². The molecule has 0 aliphatic carbocycles. The van der Waals surface area contributed by atoms with Crippen LogP contribution in [0.25, 0.3) is 0 Å². The molecule has 1 N–H and O–H groups in total. The molecule has 134 valence electrons. The van der Waals surface area contributed by atoms with Crippen LogP contribution in [0.2, 0.25) is 0 Å². The number of fused-ring (bicyclic) bond motifs is 1. The monoisotopic (exact) mass is 343 g/mol. The fourth-order valence-corrected chi connectivity index (χ4v) is 3.14. The minimum Gasteiger partial charge on any atom is -0.486 e. The van der Waals surface area contributed by atoms with Gasteiger partial charge in [-0.25, -0.2) is 0 Å². The van der Waals surface area contributed by atoms with Gasteiger partial charge in [-0.15, -0.1) is 0 Å². The van der Waals surface area contributed by atoms with E-state index in [4.69, 9.17) is 9.47 Å². The molecule has 1 aliphatic heterocycles. The normalized spacial score (nSPS) is 14.2. The molecule has 2 heterocycles. The molecule has 6 heteroatoms. The highest BCUT2D eigenvalue weighted by atomic mass is 16.6. The largest absolute Gasteiger partial charge is 0.486 e. The molecule has 1 aromatic heterocycles. The zero-order valence-electron chi connectivity index (χ0n) is 15.3. The number of nitrogens with one attached hydrogen (secondary N) is 1. The van der Waals surface area contributed by atoms with Crippen LogP contribution in [0.3, 0.4) is 0 Å². The average molecular weight is 343 g/mol. The summed E-state index contributed by atoms with van der Waals surface area (Å²) < 4.78 is 13.0. The van der Waals surface area contributed by atoms with Gasteiger partial charge in [0.15, 0.2) is 11.5 Å². The third-order valence-corrected chi connectivity index (χ3v) is 4.70. The van der Waals surface area contributed by atoms with E-state index in [2.05, 4.69) is 10.4 Å². The number of benzene rings is 1. The smallest absolute Gasteiger partial charge is 0.220 e. The quantitative estimate of drug-likeness (QED) is 0.906. The Morgan fingerprint density at radius 3 is 2.68 bits per heavy atom. The molecular formula is C19H25N3O3. The maximum atomic E-state index is 12.3. The first kappa shape index (κ1) is 17.3. The Hall–Kier alpha value is -2.50. The standard InChI is InChI=1S/C19H25N3O3/c1-12(15-5-7-17-18(11-15)25-10-9-24-17)20-19(23)8-6-16-13(2)21-22(4)14(16)3/h5,7,11-12H,6,8-10H2,1-4H3,(H,20,23). The number of rotatable bonds is 5. The lowest BCUT2D eigenvalue weighted by Gasteiger charge is -2.21. The van der Waals surface area contributed by atoms with E-state index in [0.29, 0.717) is 26.1 Å². The summed E-state index contributed by atoms with van der Waals surface area (Å²) in [5.74, 6) is 1.53. The Morgan fingerprint density at radius 1 is 1.28 bits per heavy atom. The lowest BCUT2D eigenvalue weighted by atomic mass is 10.1. The van der Waals surface area contributed by atoms with Crippen molar-refractivity contribution in [2.75, 3.05) is 13.2 Å². The molecule has 1 aromatic carbocycles. The van der Waals surface area contributed by atoms with Crippen LogP contribution in [0.5, 0.6) is 11.5 Å². The summed E-state index contributed by atoms with van der Waals surface area (Å²) >= 11 is 0. The zero-order valence-corrected chi connectivity index (χ0v) is 15.3. The molecule has 0 bridgehead atoms. The second kappa shape index (κ2) is 7.17.